The molecule has 1 heterocycles. The third-order valence-corrected chi connectivity index (χ3v) is 6.03. The molecule has 1 fully saturated rings. The van der Waals surface area contributed by atoms with Gasteiger partial charge in [0.05, 0.1) is 23.6 Å². The average molecular weight is 512 g/mol. The second kappa shape index (κ2) is 9.55. The molecule has 0 spiro atoms. The van der Waals surface area contributed by atoms with E-state index in [0.29, 0.717) is 5.56 Å². The predicted octanol–water partition coefficient (Wildman–Crippen LogP) is 4.21. The van der Waals surface area contributed by atoms with Crippen LogP contribution in [0.5, 0.6) is 11.5 Å². The van der Waals surface area contributed by atoms with Crippen LogP contribution in [0.25, 0.3) is 6.08 Å². The average Bonchev–Trinajstić information content (AvgIpc) is 2.95. The summed E-state index contributed by atoms with van der Waals surface area (Å²) in [7, 11) is 1.41. The highest BCUT2D eigenvalue weighted by Crippen LogP contribution is 2.39. The maximum absolute atomic E-state index is 12.8. The number of nitrogens with zero attached hydrogens (tertiary/aromatic N) is 1. The lowest BCUT2D eigenvalue weighted by molar-refractivity contribution is -0.123. The number of rotatable bonds is 7. The molecule has 0 unspecified atom stereocenters. The maximum Gasteiger partial charge on any atom is 0.293 e. The first-order valence-electron chi connectivity index (χ1n) is 8.57. The zero-order valence-electron chi connectivity index (χ0n) is 15.7. The number of ether oxygens (including phenoxy) is 2. The van der Waals surface area contributed by atoms with E-state index in [9.17, 15) is 14.4 Å². The molecule has 0 atom stereocenters. The van der Waals surface area contributed by atoms with E-state index >= 15 is 0 Å². The summed E-state index contributed by atoms with van der Waals surface area (Å²) in [5.41, 5.74) is 6.45. The molecule has 7 nitrogen and oxygen atoms in total. The minimum Gasteiger partial charge on any atom is -0.493 e. The molecule has 1 saturated heterocycles. The Kier molecular flexibility index (Phi) is 7.06. The zero-order chi connectivity index (χ0) is 21.8. The molecule has 1 aliphatic rings. The van der Waals surface area contributed by atoms with Crippen molar-refractivity contribution in [2.24, 2.45) is 5.73 Å². The lowest BCUT2D eigenvalue weighted by Crippen LogP contribution is -2.27. The Hall–Kier alpha value is -2.49. The number of primary amides is 1. The number of carbonyl (C=O) groups is 3. The quantitative estimate of drug-likeness (QED) is 0.559. The number of hydrogen-bond donors (Lipinski definition) is 1. The summed E-state index contributed by atoms with van der Waals surface area (Å²) in [5, 5.41) is -0.184. The molecule has 3 rings (SSSR count). The SMILES string of the molecule is COc1cc(/C=C2\SC(=O)N(Cc3ccccc3Br)C2=O)cc(Cl)c1OCC(N)=O. The first-order chi connectivity index (χ1) is 14.3. The van der Waals surface area contributed by atoms with Crippen molar-refractivity contribution < 1.29 is 23.9 Å². The van der Waals surface area contributed by atoms with Gasteiger partial charge in [-0.05, 0) is 47.2 Å². The number of carbonyl (C=O) groups excluding carboxylic acids is 3. The number of benzene rings is 2. The highest BCUT2D eigenvalue weighted by Gasteiger charge is 2.35. The van der Waals surface area contributed by atoms with Gasteiger partial charge in [0, 0.05) is 4.47 Å². The van der Waals surface area contributed by atoms with Crippen LogP contribution >= 0.6 is 39.3 Å². The Bertz CT molecular complexity index is 1060. The highest BCUT2D eigenvalue weighted by atomic mass is 79.9. The molecular formula is C20H16BrClN2O5S. The molecule has 2 aromatic rings. The number of amides is 3. The van der Waals surface area contributed by atoms with Crippen molar-refractivity contribution >= 4 is 62.4 Å². The van der Waals surface area contributed by atoms with Crippen molar-refractivity contribution in [1.29, 1.82) is 0 Å². The molecule has 0 aliphatic carbocycles. The van der Waals surface area contributed by atoms with Gasteiger partial charge in [-0.2, -0.15) is 0 Å². The van der Waals surface area contributed by atoms with Crippen LogP contribution in [0.4, 0.5) is 4.79 Å². The van der Waals surface area contributed by atoms with Gasteiger partial charge in [-0.3, -0.25) is 19.3 Å². The Balaban J connectivity index is 1.85. The summed E-state index contributed by atoms with van der Waals surface area (Å²) in [6.07, 6.45) is 1.55. The molecule has 156 valence electrons. The van der Waals surface area contributed by atoms with Crippen LogP contribution < -0.4 is 15.2 Å². The minimum absolute atomic E-state index is 0.160. The van der Waals surface area contributed by atoms with E-state index < -0.39 is 11.8 Å². The molecule has 0 bridgehead atoms. The van der Waals surface area contributed by atoms with Gasteiger partial charge in [0.1, 0.15) is 0 Å². The number of imide groups is 1. The van der Waals surface area contributed by atoms with Crippen molar-refractivity contribution in [3.8, 4) is 11.5 Å². The molecule has 0 radical (unpaired) electrons. The Morgan fingerprint density at radius 3 is 2.70 bits per heavy atom. The van der Waals surface area contributed by atoms with Crippen LogP contribution in [0.3, 0.4) is 0 Å². The van der Waals surface area contributed by atoms with Crippen LogP contribution in [-0.4, -0.2) is 35.7 Å². The van der Waals surface area contributed by atoms with Crippen molar-refractivity contribution in [3.63, 3.8) is 0 Å². The fourth-order valence-electron chi connectivity index (χ4n) is 2.69. The van der Waals surface area contributed by atoms with Gasteiger partial charge >= 0.3 is 0 Å². The van der Waals surface area contributed by atoms with Gasteiger partial charge in [-0.25, -0.2) is 0 Å². The standard InChI is InChI=1S/C20H16BrClN2O5S/c1-28-15-7-11(6-14(22)18(15)29-10-17(23)25)8-16-19(26)24(20(27)30-16)9-12-4-2-3-5-13(12)21/h2-8H,9-10H2,1H3,(H2,23,25)/b16-8-. The van der Waals surface area contributed by atoms with E-state index in [2.05, 4.69) is 15.9 Å². The van der Waals surface area contributed by atoms with Crippen LogP contribution in [0.15, 0.2) is 45.8 Å². The lowest BCUT2D eigenvalue weighted by atomic mass is 10.1. The van der Waals surface area contributed by atoms with Crippen LogP contribution in [0, 0.1) is 0 Å². The smallest absolute Gasteiger partial charge is 0.293 e. The van der Waals surface area contributed by atoms with Gasteiger partial charge in [0.25, 0.3) is 17.1 Å². The summed E-state index contributed by atoms with van der Waals surface area (Å²) in [6.45, 7) is -0.198. The normalized spacial score (nSPS) is 15.0. The second-order valence-electron chi connectivity index (χ2n) is 6.15. The molecule has 30 heavy (non-hydrogen) atoms. The summed E-state index contributed by atoms with van der Waals surface area (Å²) in [5.74, 6) is -0.625. The Morgan fingerprint density at radius 2 is 2.03 bits per heavy atom. The number of halogens is 2. The van der Waals surface area contributed by atoms with Gasteiger partial charge in [-0.15, -0.1) is 0 Å². The van der Waals surface area contributed by atoms with E-state index in [1.165, 1.54) is 12.0 Å². The molecule has 2 N–H and O–H groups in total. The van der Waals surface area contributed by atoms with Crippen molar-refractivity contribution in [2.45, 2.75) is 6.54 Å². The minimum atomic E-state index is -0.657. The fourth-order valence-corrected chi connectivity index (χ4v) is 4.21. The summed E-state index contributed by atoms with van der Waals surface area (Å²) in [6, 6.07) is 10.5. The maximum atomic E-state index is 12.8. The van der Waals surface area contributed by atoms with E-state index in [0.717, 1.165) is 21.8 Å². The van der Waals surface area contributed by atoms with Crippen molar-refractivity contribution in [1.82, 2.24) is 4.90 Å². The third-order valence-electron chi connectivity index (χ3n) is 4.07. The zero-order valence-corrected chi connectivity index (χ0v) is 18.8. The number of thioether (sulfide) groups is 1. The van der Waals surface area contributed by atoms with E-state index in [4.69, 9.17) is 26.8 Å². The van der Waals surface area contributed by atoms with Crippen LogP contribution in [0.2, 0.25) is 5.02 Å². The Labute approximate surface area is 190 Å². The van der Waals surface area contributed by atoms with Crippen molar-refractivity contribution in [3.05, 3.63) is 61.9 Å². The van der Waals surface area contributed by atoms with Crippen molar-refractivity contribution in [2.75, 3.05) is 13.7 Å². The summed E-state index contributed by atoms with van der Waals surface area (Å²) >= 11 is 10.5. The molecule has 0 saturated carbocycles. The van der Waals surface area contributed by atoms with Gasteiger partial charge in [0.15, 0.2) is 18.1 Å². The molecular weight excluding hydrogens is 496 g/mol. The highest BCUT2D eigenvalue weighted by molar-refractivity contribution is 9.10. The molecule has 0 aromatic heterocycles. The monoisotopic (exact) mass is 510 g/mol. The van der Waals surface area contributed by atoms with Crippen LogP contribution in [0.1, 0.15) is 11.1 Å². The second-order valence-corrected chi connectivity index (χ2v) is 8.40. The predicted molar refractivity (Wildman–Crippen MR) is 118 cm³/mol. The van der Waals surface area contributed by atoms with E-state index in [1.807, 2.05) is 24.3 Å². The first kappa shape index (κ1) is 22.2. The summed E-state index contributed by atoms with van der Waals surface area (Å²) in [4.78, 5) is 37.6. The van der Waals surface area contributed by atoms with Crippen LogP contribution in [-0.2, 0) is 16.1 Å². The molecule has 3 amide bonds. The fraction of sp³-hybridized carbons (Fsp3) is 0.150. The number of nitrogens with two attached hydrogens (primary N) is 1. The van der Waals surface area contributed by atoms with Gasteiger partial charge in [0.2, 0.25) is 0 Å². The van der Waals surface area contributed by atoms with E-state index in [1.54, 1.807) is 18.2 Å². The topological polar surface area (TPSA) is 98.9 Å². The van der Waals surface area contributed by atoms with E-state index in [-0.39, 0.29) is 39.8 Å². The first-order valence-corrected chi connectivity index (χ1v) is 10.6. The molecule has 1 aliphatic heterocycles. The lowest BCUT2D eigenvalue weighted by Gasteiger charge is -2.13. The third kappa shape index (κ3) is 4.97. The Morgan fingerprint density at radius 1 is 1.30 bits per heavy atom. The molecule has 2 aromatic carbocycles. The van der Waals surface area contributed by atoms with Gasteiger partial charge in [-0.1, -0.05) is 45.7 Å². The van der Waals surface area contributed by atoms with Gasteiger partial charge < -0.3 is 15.2 Å². The summed E-state index contributed by atoms with van der Waals surface area (Å²) < 4.78 is 11.4. The number of methoxy groups -OCH3 is 1. The molecule has 10 heteroatoms. The largest absolute Gasteiger partial charge is 0.493 e. The number of hydrogen-bond acceptors (Lipinski definition) is 6.